The highest BCUT2D eigenvalue weighted by molar-refractivity contribution is 6.43. The van der Waals surface area contributed by atoms with Crippen LogP contribution < -0.4 is 10.3 Å². The lowest BCUT2D eigenvalue weighted by Gasteiger charge is -2.38. The molecule has 6 nitrogen and oxygen atoms in total. The van der Waals surface area contributed by atoms with Crippen molar-refractivity contribution < 1.29 is 4.79 Å². The second-order valence-electron chi connectivity index (χ2n) is 9.33. The molecule has 1 aromatic heterocycles. The number of fused-ring (bicyclic) bond motifs is 1. The Labute approximate surface area is 210 Å². The van der Waals surface area contributed by atoms with Gasteiger partial charge in [-0.05, 0) is 56.0 Å². The van der Waals surface area contributed by atoms with Crippen LogP contribution in [0.1, 0.15) is 29.8 Å². The zero-order valence-electron chi connectivity index (χ0n) is 19.3. The molecule has 2 N–H and O–H groups in total. The first-order chi connectivity index (χ1) is 16.6. The smallest absolute Gasteiger partial charge is 0.282 e. The van der Waals surface area contributed by atoms with Crippen LogP contribution in [0, 0.1) is 5.92 Å². The van der Waals surface area contributed by atoms with Crippen LogP contribution >= 0.6 is 23.2 Å². The average Bonchev–Trinajstić information content (AvgIpc) is 3.30. The number of hydrogen-bond donors (Lipinski definition) is 2. The minimum absolute atomic E-state index is 0.0627. The van der Waals surface area contributed by atoms with Crippen LogP contribution in [0.5, 0.6) is 0 Å². The van der Waals surface area contributed by atoms with E-state index in [1.54, 1.807) is 0 Å². The van der Waals surface area contributed by atoms with Crippen LogP contribution in [-0.2, 0) is 0 Å². The lowest BCUT2D eigenvalue weighted by molar-refractivity contribution is 0.0683. The summed E-state index contributed by atoms with van der Waals surface area (Å²) in [7, 11) is 0. The van der Waals surface area contributed by atoms with Crippen LogP contribution in [0.15, 0.2) is 48.5 Å². The number of para-hydroxylation sites is 1. The largest absolute Gasteiger partial charge is 0.368 e. The summed E-state index contributed by atoms with van der Waals surface area (Å²) in [5, 5.41) is 4.40. The lowest BCUT2D eigenvalue weighted by atomic mass is 9.94. The number of carbonyl (C=O) groups excluding carboxylic acids is 1. The van der Waals surface area contributed by atoms with Crippen molar-refractivity contribution in [1.29, 1.82) is 0 Å². The molecule has 5 rings (SSSR count). The number of halogens is 2. The SMILES string of the molecule is O=C(NN1CCC(CCN2CCN(c3cccc(Cl)c3Cl)CC2)CC1)c1cc2ccccc2[nH]1. The van der Waals surface area contributed by atoms with Gasteiger partial charge in [-0.25, -0.2) is 5.01 Å². The third-order valence-electron chi connectivity index (χ3n) is 7.15. The molecule has 0 aliphatic carbocycles. The Morgan fingerprint density at radius 1 is 0.971 bits per heavy atom. The second-order valence-corrected chi connectivity index (χ2v) is 10.1. The van der Waals surface area contributed by atoms with E-state index >= 15 is 0 Å². The molecule has 3 heterocycles. The fourth-order valence-electron chi connectivity index (χ4n) is 5.05. The molecule has 8 heteroatoms. The Balaban J connectivity index is 1.03. The molecule has 1 amide bonds. The molecule has 2 saturated heterocycles. The molecule has 2 fully saturated rings. The van der Waals surface area contributed by atoms with Gasteiger partial charge in [-0.15, -0.1) is 0 Å². The quantitative estimate of drug-likeness (QED) is 0.498. The zero-order chi connectivity index (χ0) is 23.5. The van der Waals surface area contributed by atoms with Crippen molar-refractivity contribution in [1.82, 2.24) is 20.3 Å². The zero-order valence-corrected chi connectivity index (χ0v) is 20.8. The Morgan fingerprint density at radius 2 is 1.74 bits per heavy atom. The molecular weight excluding hydrogens is 469 g/mol. The van der Waals surface area contributed by atoms with E-state index in [2.05, 4.69) is 31.3 Å². The molecule has 0 atom stereocenters. The lowest BCUT2D eigenvalue weighted by Crippen LogP contribution is -2.48. The number of nitrogens with one attached hydrogen (secondary N) is 2. The van der Waals surface area contributed by atoms with Crippen molar-refractivity contribution >= 4 is 45.7 Å². The topological polar surface area (TPSA) is 54.6 Å². The van der Waals surface area contributed by atoms with Crippen LogP contribution in [0.4, 0.5) is 5.69 Å². The highest BCUT2D eigenvalue weighted by atomic mass is 35.5. The summed E-state index contributed by atoms with van der Waals surface area (Å²) in [5.74, 6) is 0.647. The van der Waals surface area contributed by atoms with Gasteiger partial charge in [0.25, 0.3) is 5.91 Å². The highest BCUT2D eigenvalue weighted by Gasteiger charge is 2.24. The summed E-state index contributed by atoms with van der Waals surface area (Å²) >= 11 is 12.6. The molecular formula is C26H31Cl2N5O. The van der Waals surface area contributed by atoms with Gasteiger partial charge >= 0.3 is 0 Å². The summed E-state index contributed by atoms with van der Waals surface area (Å²) in [4.78, 5) is 20.7. The normalized spacial score (nSPS) is 18.5. The van der Waals surface area contributed by atoms with Gasteiger partial charge < -0.3 is 9.88 Å². The monoisotopic (exact) mass is 499 g/mol. The maximum atomic E-state index is 12.7. The Hall–Kier alpha value is -2.25. The molecule has 2 aliphatic rings. The standard InChI is InChI=1S/C26H31Cl2N5O/c27-21-5-3-7-24(25(21)28)32-16-14-31(15-17-32)11-8-19-9-12-33(13-10-19)30-26(34)23-18-20-4-1-2-6-22(20)29-23/h1-7,18-19,29H,8-17H2,(H,30,34). The van der Waals surface area contributed by atoms with E-state index in [-0.39, 0.29) is 5.91 Å². The van der Waals surface area contributed by atoms with Gasteiger partial charge in [-0.2, -0.15) is 0 Å². The predicted octanol–water partition coefficient (Wildman–Crippen LogP) is 5.04. The van der Waals surface area contributed by atoms with E-state index in [4.69, 9.17) is 23.2 Å². The fourth-order valence-corrected chi connectivity index (χ4v) is 5.46. The summed E-state index contributed by atoms with van der Waals surface area (Å²) in [5.41, 5.74) is 5.72. The molecule has 0 bridgehead atoms. The van der Waals surface area contributed by atoms with Gasteiger partial charge in [0, 0.05) is 50.2 Å². The van der Waals surface area contributed by atoms with Crippen molar-refractivity contribution in [2.24, 2.45) is 5.92 Å². The van der Waals surface area contributed by atoms with Crippen LogP contribution in [0.2, 0.25) is 10.0 Å². The summed E-state index contributed by atoms with van der Waals surface area (Å²) in [6.07, 6.45) is 3.44. The number of carbonyl (C=O) groups is 1. The first kappa shape index (κ1) is 23.5. The molecule has 2 aromatic carbocycles. The van der Waals surface area contributed by atoms with Crippen molar-refractivity contribution in [3.63, 3.8) is 0 Å². The number of nitrogens with zero attached hydrogens (tertiary/aromatic N) is 3. The minimum atomic E-state index is -0.0627. The Kier molecular flexibility index (Phi) is 7.30. The summed E-state index contributed by atoms with van der Waals surface area (Å²) < 4.78 is 0. The number of rotatable bonds is 6. The van der Waals surface area contributed by atoms with Crippen LogP contribution in [0.25, 0.3) is 10.9 Å². The third-order valence-corrected chi connectivity index (χ3v) is 7.96. The number of aromatic amines is 1. The highest BCUT2D eigenvalue weighted by Crippen LogP contribution is 2.33. The van der Waals surface area contributed by atoms with E-state index in [9.17, 15) is 4.79 Å². The van der Waals surface area contributed by atoms with Gasteiger partial charge in [0.15, 0.2) is 0 Å². The van der Waals surface area contributed by atoms with E-state index in [1.165, 1.54) is 6.42 Å². The Morgan fingerprint density at radius 3 is 2.50 bits per heavy atom. The van der Waals surface area contributed by atoms with E-state index in [0.29, 0.717) is 21.7 Å². The fraction of sp³-hybridized carbons (Fsp3) is 0.423. The third kappa shape index (κ3) is 5.36. The van der Waals surface area contributed by atoms with Crippen molar-refractivity contribution in [2.45, 2.75) is 19.3 Å². The Bertz CT molecular complexity index is 1100. The van der Waals surface area contributed by atoms with E-state index in [1.807, 2.05) is 42.5 Å². The molecule has 2 aliphatic heterocycles. The second kappa shape index (κ2) is 10.6. The molecule has 3 aromatic rings. The molecule has 0 saturated carbocycles. The van der Waals surface area contributed by atoms with E-state index < -0.39 is 0 Å². The van der Waals surface area contributed by atoms with E-state index in [0.717, 1.165) is 75.2 Å². The van der Waals surface area contributed by atoms with Gasteiger partial charge in [0.2, 0.25) is 0 Å². The van der Waals surface area contributed by atoms with Gasteiger partial charge in [0.05, 0.1) is 15.7 Å². The summed E-state index contributed by atoms with van der Waals surface area (Å²) in [6, 6.07) is 15.7. The summed E-state index contributed by atoms with van der Waals surface area (Å²) in [6.45, 7) is 6.96. The minimum Gasteiger partial charge on any atom is -0.368 e. The number of benzene rings is 2. The number of amides is 1. The molecule has 0 unspecified atom stereocenters. The predicted molar refractivity (Wildman–Crippen MR) is 140 cm³/mol. The molecule has 0 spiro atoms. The van der Waals surface area contributed by atoms with Crippen LogP contribution in [0.3, 0.4) is 0 Å². The van der Waals surface area contributed by atoms with Gasteiger partial charge in [-0.1, -0.05) is 47.5 Å². The number of anilines is 1. The van der Waals surface area contributed by atoms with Gasteiger partial charge in [0.1, 0.15) is 5.69 Å². The maximum Gasteiger partial charge on any atom is 0.282 e. The molecule has 180 valence electrons. The number of H-pyrrole nitrogens is 1. The van der Waals surface area contributed by atoms with Crippen molar-refractivity contribution in [2.75, 3.05) is 50.7 Å². The molecule has 0 radical (unpaired) electrons. The molecule has 34 heavy (non-hydrogen) atoms. The number of piperidine rings is 1. The number of hydrogen-bond acceptors (Lipinski definition) is 4. The maximum absolute atomic E-state index is 12.7. The number of piperazine rings is 1. The van der Waals surface area contributed by atoms with Gasteiger partial charge in [-0.3, -0.25) is 15.1 Å². The number of hydrazine groups is 1. The first-order valence-corrected chi connectivity index (χ1v) is 12.9. The van der Waals surface area contributed by atoms with Crippen LogP contribution in [-0.4, -0.2) is 66.6 Å². The van der Waals surface area contributed by atoms with Crippen molar-refractivity contribution in [3.05, 3.63) is 64.3 Å². The average molecular weight is 500 g/mol. The first-order valence-electron chi connectivity index (χ1n) is 12.1. The number of aromatic nitrogens is 1. The van der Waals surface area contributed by atoms with Crippen molar-refractivity contribution in [3.8, 4) is 0 Å².